The summed E-state index contributed by atoms with van der Waals surface area (Å²) in [5, 5.41) is 1.34. The molecule has 1 aromatic heterocycles. The molecular formula is C15H10Cl2N2O3S. The highest BCUT2D eigenvalue weighted by molar-refractivity contribution is 7.80. The molecule has 1 unspecified atom stereocenters. The van der Waals surface area contributed by atoms with Crippen LogP contribution in [0.15, 0.2) is 48.7 Å². The second-order valence-electron chi connectivity index (χ2n) is 4.59. The summed E-state index contributed by atoms with van der Waals surface area (Å²) in [5.74, 6) is 0.735. The van der Waals surface area contributed by atoms with Crippen LogP contribution >= 0.6 is 23.2 Å². The number of nitrogens with one attached hydrogen (secondary N) is 1. The zero-order valence-corrected chi connectivity index (χ0v) is 13.8. The molecule has 0 fully saturated rings. The topological polar surface area (TPSA) is 71.5 Å². The average Bonchev–Trinajstić information content (AvgIpc) is 2.50. The van der Waals surface area contributed by atoms with Gasteiger partial charge in [0.25, 0.3) is 11.3 Å². The Morgan fingerprint density at radius 2 is 1.83 bits per heavy atom. The Labute approximate surface area is 144 Å². The number of hydrogen-bond acceptors (Lipinski definition) is 3. The predicted molar refractivity (Wildman–Crippen MR) is 92.7 cm³/mol. The molecule has 0 saturated carbocycles. The molecule has 0 spiro atoms. The molecule has 2 N–H and O–H groups in total. The van der Waals surface area contributed by atoms with Gasteiger partial charge in [0, 0.05) is 5.39 Å². The molecule has 0 aliphatic carbocycles. The van der Waals surface area contributed by atoms with Crippen molar-refractivity contribution in [3.63, 3.8) is 0 Å². The molecule has 3 aromatic rings. The van der Waals surface area contributed by atoms with Crippen LogP contribution in [-0.2, 0) is 11.3 Å². The van der Waals surface area contributed by atoms with Crippen molar-refractivity contribution >= 4 is 51.1 Å². The summed E-state index contributed by atoms with van der Waals surface area (Å²) >= 11 is 10.1. The van der Waals surface area contributed by atoms with E-state index in [-0.39, 0.29) is 15.8 Å². The monoisotopic (exact) mass is 368 g/mol. The Kier molecular flexibility index (Phi) is 4.68. The number of para-hydroxylation sites is 1. The molecule has 0 radical (unpaired) electrons. The first kappa shape index (κ1) is 16.0. The number of halogens is 2. The minimum atomic E-state index is -2.21. The SMILES string of the molecule is O=S(O)Nc1cc(Cl)c(Oc2cnc3ccccc3c2)c(Cl)c1. The fourth-order valence-electron chi connectivity index (χ4n) is 2.04. The van der Waals surface area contributed by atoms with E-state index in [0.29, 0.717) is 11.4 Å². The molecule has 8 heteroatoms. The zero-order valence-electron chi connectivity index (χ0n) is 11.5. The summed E-state index contributed by atoms with van der Waals surface area (Å²) in [5.41, 5.74) is 1.16. The largest absolute Gasteiger partial charge is 0.453 e. The van der Waals surface area contributed by atoms with Gasteiger partial charge in [0.15, 0.2) is 5.75 Å². The number of fused-ring (bicyclic) bond motifs is 1. The Morgan fingerprint density at radius 3 is 2.52 bits per heavy atom. The van der Waals surface area contributed by atoms with Crippen LogP contribution in [0.2, 0.25) is 10.0 Å². The maximum atomic E-state index is 10.8. The lowest BCUT2D eigenvalue weighted by atomic mass is 10.2. The van der Waals surface area contributed by atoms with Gasteiger partial charge in [-0.15, -0.1) is 0 Å². The Hall–Kier alpha value is -1.86. The first-order valence-corrected chi connectivity index (χ1v) is 8.28. The third-order valence-corrected chi connectivity index (χ3v) is 3.96. The molecular weight excluding hydrogens is 359 g/mol. The van der Waals surface area contributed by atoms with E-state index >= 15 is 0 Å². The number of hydrogen-bond donors (Lipinski definition) is 2. The van der Waals surface area contributed by atoms with Gasteiger partial charge in [-0.2, -0.15) is 0 Å². The smallest absolute Gasteiger partial charge is 0.259 e. The minimum absolute atomic E-state index is 0.207. The van der Waals surface area contributed by atoms with Gasteiger partial charge >= 0.3 is 0 Å². The van der Waals surface area contributed by atoms with Gasteiger partial charge in [-0.3, -0.25) is 14.3 Å². The lowest BCUT2D eigenvalue weighted by molar-refractivity contribution is 0.482. The second kappa shape index (κ2) is 6.72. The number of anilines is 1. The number of rotatable bonds is 4. The molecule has 3 rings (SSSR count). The highest BCUT2D eigenvalue weighted by Gasteiger charge is 2.12. The summed E-state index contributed by atoms with van der Waals surface area (Å²) in [7, 11) is 0. The molecule has 0 aliphatic heterocycles. The summed E-state index contributed by atoms with van der Waals surface area (Å²) < 4.78 is 27.6. The van der Waals surface area contributed by atoms with Crippen LogP contribution in [0.4, 0.5) is 5.69 Å². The van der Waals surface area contributed by atoms with Gasteiger partial charge in [0.05, 0.1) is 27.4 Å². The molecule has 0 amide bonds. The Balaban J connectivity index is 1.93. The predicted octanol–water partition coefficient (Wildman–Crippen LogP) is 4.88. The number of nitrogens with zero attached hydrogens (tertiary/aromatic N) is 1. The maximum absolute atomic E-state index is 10.8. The number of ether oxygens (including phenoxy) is 1. The second-order valence-corrected chi connectivity index (χ2v) is 6.10. The summed E-state index contributed by atoms with van der Waals surface area (Å²) in [6, 6.07) is 12.3. The van der Waals surface area contributed by atoms with Crippen LogP contribution in [0.3, 0.4) is 0 Å². The number of benzene rings is 2. The maximum Gasteiger partial charge on any atom is 0.259 e. The molecule has 118 valence electrons. The molecule has 5 nitrogen and oxygen atoms in total. The van der Waals surface area contributed by atoms with E-state index in [9.17, 15) is 4.21 Å². The van der Waals surface area contributed by atoms with Crippen molar-refractivity contribution in [1.82, 2.24) is 4.98 Å². The zero-order chi connectivity index (χ0) is 16.4. The van der Waals surface area contributed by atoms with Crippen molar-refractivity contribution in [3.05, 3.63) is 58.7 Å². The molecule has 2 aromatic carbocycles. The van der Waals surface area contributed by atoms with Gasteiger partial charge in [-0.05, 0) is 24.3 Å². The molecule has 1 heterocycles. The fraction of sp³-hybridized carbons (Fsp3) is 0. The molecule has 0 saturated heterocycles. The van der Waals surface area contributed by atoms with Crippen LogP contribution in [0.5, 0.6) is 11.5 Å². The molecule has 1 atom stereocenters. The van der Waals surface area contributed by atoms with Gasteiger partial charge in [0.2, 0.25) is 0 Å². The van der Waals surface area contributed by atoms with E-state index in [1.807, 2.05) is 30.3 Å². The quantitative estimate of drug-likeness (QED) is 0.643. The Bertz CT molecular complexity index is 882. The van der Waals surface area contributed by atoms with Crippen molar-refractivity contribution < 1.29 is 13.5 Å². The van der Waals surface area contributed by atoms with E-state index in [0.717, 1.165) is 10.9 Å². The van der Waals surface area contributed by atoms with Gasteiger partial charge < -0.3 is 4.74 Å². The van der Waals surface area contributed by atoms with Gasteiger partial charge in [-0.25, -0.2) is 4.21 Å². The van der Waals surface area contributed by atoms with Gasteiger partial charge in [0.1, 0.15) is 5.75 Å². The van der Waals surface area contributed by atoms with Crippen LogP contribution < -0.4 is 9.46 Å². The third kappa shape index (κ3) is 3.73. The van der Waals surface area contributed by atoms with E-state index in [1.54, 1.807) is 6.20 Å². The summed E-state index contributed by atoms with van der Waals surface area (Å²) in [6.45, 7) is 0. The highest BCUT2D eigenvalue weighted by atomic mass is 35.5. The van der Waals surface area contributed by atoms with Gasteiger partial charge in [-0.1, -0.05) is 41.4 Å². The van der Waals surface area contributed by atoms with Crippen molar-refractivity contribution in [2.24, 2.45) is 0 Å². The van der Waals surface area contributed by atoms with Crippen molar-refractivity contribution in [2.45, 2.75) is 0 Å². The molecule has 23 heavy (non-hydrogen) atoms. The standard InChI is InChI=1S/C15H10Cl2N2O3S/c16-12-6-10(19-23(20)21)7-13(17)15(12)22-11-5-9-3-1-2-4-14(9)18-8-11/h1-8,19H,(H,20,21). The van der Waals surface area contributed by atoms with E-state index in [4.69, 9.17) is 32.5 Å². The van der Waals surface area contributed by atoms with Crippen LogP contribution in [-0.4, -0.2) is 13.7 Å². The van der Waals surface area contributed by atoms with Crippen LogP contribution in [0.1, 0.15) is 0 Å². The first-order chi connectivity index (χ1) is 11.0. The lowest BCUT2D eigenvalue weighted by Crippen LogP contribution is -2.02. The van der Waals surface area contributed by atoms with E-state index in [1.165, 1.54) is 12.1 Å². The van der Waals surface area contributed by atoms with Crippen LogP contribution in [0.25, 0.3) is 10.9 Å². The van der Waals surface area contributed by atoms with Crippen LogP contribution in [0, 0.1) is 0 Å². The highest BCUT2D eigenvalue weighted by Crippen LogP contribution is 2.39. The minimum Gasteiger partial charge on any atom is -0.453 e. The van der Waals surface area contributed by atoms with Crippen molar-refractivity contribution in [2.75, 3.05) is 4.72 Å². The summed E-state index contributed by atoms with van der Waals surface area (Å²) in [6.07, 6.45) is 1.57. The number of pyridine rings is 1. The fourth-order valence-corrected chi connectivity index (χ4v) is 2.93. The molecule has 0 aliphatic rings. The van der Waals surface area contributed by atoms with E-state index in [2.05, 4.69) is 9.71 Å². The Morgan fingerprint density at radius 1 is 1.13 bits per heavy atom. The molecule has 0 bridgehead atoms. The lowest BCUT2D eigenvalue weighted by Gasteiger charge is -2.11. The summed E-state index contributed by atoms with van der Waals surface area (Å²) in [4.78, 5) is 4.30. The average molecular weight is 369 g/mol. The third-order valence-electron chi connectivity index (χ3n) is 2.99. The van der Waals surface area contributed by atoms with Crippen molar-refractivity contribution in [1.29, 1.82) is 0 Å². The number of aromatic nitrogens is 1. The van der Waals surface area contributed by atoms with Crippen molar-refractivity contribution in [3.8, 4) is 11.5 Å². The first-order valence-electron chi connectivity index (χ1n) is 6.42. The van der Waals surface area contributed by atoms with E-state index < -0.39 is 11.3 Å². The normalized spacial score (nSPS) is 12.1.